The molecule has 0 saturated carbocycles. The van der Waals surface area contributed by atoms with E-state index in [4.69, 9.17) is 13.9 Å². The average molecular weight is 531 g/mol. The molecule has 10 nitrogen and oxygen atoms in total. The van der Waals surface area contributed by atoms with Crippen LogP contribution >= 0.6 is 0 Å². The molecule has 0 radical (unpaired) electrons. The highest BCUT2D eigenvalue weighted by Crippen LogP contribution is 2.25. The van der Waals surface area contributed by atoms with Crippen LogP contribution in [0.25, 0.3) is 22.1 Å². The van der Waals surface area contributed by atoms with E-state index in [1.54, 1.807) is 0 Å². The van der Waals surface area contributed by atoms with Crippen LogP contribution in [0.4, 0.5) is 10.5 Å². The number of carbonyl (C=O) groups excluding carboxylic acids is 2. The molecule has 10 heteroatoms. The summed E-state index contributed by atoms with van der Waals surface area (Å²) >= 11 is 0. The number of esters is 1. The number of ether oxygens (including phenoxy) is 2. The third-order valence-corrected chi connectivity index (χ3v) is 5.85. The second kappa shape index (κ2) is 12.0. The molecule has 1 heterocycles. The molecule has 200 valence electrons. The molecule has 3 aromatic carbocycles. The van der Waals surface area contributed by atoms with Crippen LogP contribution in [-0.2, 0) is 16.1 Å². The van der Waals surface area contributed by atoms with Crippen LogP contribution in [0, 0.1) is 16.0 Å². The fourth-order valence-corrected chi connectivity index (χ4v) is 3.91. The van der Waals surface area contributed by atoms with Crippen molar-refractivity contribution in [3.05, 3.63) is 105 Å². The number of nitro groups is 1. The summed E-state index contributed by atoms with van der Waals surface area (Å²) < 4.78 is 16.4. The van der Waals surface area contributed by atoms with Gasteiger partial charge in [0.1, 0.15) is 30.2 Å². The first-order chi connectivity index (χ1) is 18.7. The number of hydrogen-bond acceptors (Lipinski definition) is 8. The lowest BCUT2D eigenvalue weighted by Crippen LogP contribution is -2.44. The second-order valence-electron chi connectivity index (χ2n) is 9.25. The van der Waals surface area contributed by atoms with Gasteiger partial charge < -0.3 is 19.2 Å². The highest BCUT2D eigenvalue weighted by atomic mass is 16.6. The Bertz CT molecular complexity index is 1550. The van der Waals surface area contributed by atoms with Crippen molar-refractivity contribution in [1.82, 2.24) is 5.32 Å². The fourth-order valence-electron chi connectivity index (χ4n) is 3.91. The summed E-state index contributed by atoms with van der Waals surface area (Å²) in [7, 11) is 0. The number of benzene rings is 3. The van der Waals surface area contributed by atoms with Crippen LogP contribution < -0.4 is 15.5 Å². The Hall–Kier alpha value is -4.99. The van der Waals surface area contributed by atoms with E-state index in [9.17, 15) is 24.5 Å². The predicted molar refractivity (Wildman–Crippen MR) is 143 cm³/mol. The van der Waals surface area contributed by atoms with E-state index in [0.29, 0.717) is 12.0 Å². The van der Waals surface area contributed by atoms with Crippen LogP contribution in [0.3, 0.4) is 0 Å². The number of rotatable bonds is 9. The lowest BCUT2D eigenvalue weighted by molar-refractivity contribution is -0.384. The molecule has 1 aromatic heterocycles. The number of carbonyl (C=O) groups is 2. The Kier molecular flexibility index (Phi) is 8.35. The van der Waals surface area contributed by atoms with Gasteiger partial charge >= 0.3 is 12.1 Å². The molecule has 0 aliphatic heterocycles. The van der Waals surface area contributed by atoms with Crippen molar-refractivity contribution < 1.29 is 28.4 Å². The lowest BCUT2D eigenvalue weighted by atomic mass is 10.0. The first-order valence-corrected chi connectivity index (χ1v) is 12.2. The number of hydrogen-bond donors (Lipinski definition) is 1. The summed E-state index contributed by atoms with van der Waals surface area (Å²) in [4.78, 5) is 48.7. The van der Waals surface area contributed by atoms with Gasteiger partial charge in [-0.25, -0.2) is 9.59 Å². The number of nitrogens with zero attached hydrogens (tertiary/aromatic N) is 1. The van der Waals surface area contributed by atoms with Gasteiger partial charge in [0, 0.05) is 18.2 Å². The summed E-state index contributed by atoms with van der Waals surface area (Å²) in [5.41, 5.74) is 1.26. The number of nitrogens with one attached hydrogen (secondary N) is 1. The van der Waals surface area contributed by atoms with Crippen molar-refractivity contribution in [1.29, 1.82) is 0 Å². The van der Waals surface area contributed by atoms with Crippen molar-refractivity contribution in [2.45, 2.75) is 32.9 Å². The van der Waals surface area contributed by atoms with Gasteiger partial charge in [-0.3, -0.25) is 14.9 Å². The normalized spacial score (nSPS) is 11.7. The predicted octanol–water partition coefficient (Wildman–Crippen LogP) is 5.61. The molecular weight excluding hydrogens is 504 g/mol. The molecule has 1 N–H and O–H groups in total. The monoisotopic (exact) mass is 530 g/mol. The summed E-state index contributed by atoms with van der Waals surface area (Å²) in [5.74, 6) is -0.485. The van der Waals surface area contributed by atoms with E-state index in [0.717, 1.165) is 5.56 Å². The minimum Gasteiger partial charge on any atom is -0.463 e. The third-order valence-electron chi connectivity index (χ3n) is 5.85. The van der Waals surface area contributed by atoms with Gasteiger partial charge in [-0.05, 0) is 47.7 Å². The molecule has 0 aliphatic carbocycles. The molecule has 1 amide bonds. The van der Waals surface area contributed by atoms with Crippen LogP contribution in [0.15, 0.2) is 88.3 Å². The zero-order valence-electron chi connectivity index (χ0n) is 21.3. The van der Waals surface area contributed by atoms with Crippen LogP contribution in [0.2, 0.25) is 0 Å². The molecule has 1 atom stereocenters. The molecular formula is C29H26N2O8. The molecule has 0 unspecified atom stereocenters. The highest BCUT2D eigenvalue weighted by molar-refractivity contribution is 5.86. The zero-order chi connectivity index (χ0) is 27.9. The maximum Gasteiger partial charge on any atom is 0.408 e. The zero-order valence-corrected chi connectivity index (χ0v) is 21.3. The van der Waals surface area contributed by atoms with E-state index in [2.05, 4.69) is 5.32 Å². The Morgan fingerprint density at radius 1 is 1.03 bits per heavy atom. The molecule has 39 heavy (non-hydrogen) atoms. The first-order valence-electron chi connectivity index (χ1n) is 12.2. The molecule has 0 aliphatic rings. The van der Waals surface area contributed by atoms with Gasteiger partial charge in [-0.2, -0.15) is 0 Å². The summed E-state index contributed by atoms with van der Waals surface area (Å²) in [5, 5.41) is 13.7. The number of alkyl carbamates (subject to hydrolysis) is 1. The van der Waals surface area contributed by atoms with Gasteiger partial charge in [-0.1, -0.05) is 44.2 Å². The minimum atomic E-state index is -0.958. The third kappa shape index (κ3) is 6.86. The van der Waals surface area contributed by atoms with E-state index in [1.807, 2.05) is 44.2 Å². The molecule has 4 rings (SSSR count). The minimum absolute atomic E-state index is 0.0572. The van der Waals surface area contributed by atoms with E-state index in [-0.39, 0.29) is 45.9 Å². The van der Waals surface area contributed by atoms with Gasteiger partial charge in [0.15, 0.2) is 5.43 Å². The SMILES string of the molecule is CC(C)C[C@@H](NC(=O)OCc1ccccc1)C(=O)Oc1ccc2c(=O)c(-c3ccc([N+](=O)[O-])cc3)coc2c1. The van der Waals surface area contributed by atoms with E-state index < -0.39 is 23.0 Å². The maximum absolute atomic E-state index is 13.0. The first kappa shape index (κ1) is 27.1. The number of nitro benzene ring substituents is 1. The number of amides is 1. The number of fused-ring (bicyclic) bond motifs is 1. The largest absolute Gasteiger partial charge is 0.463 e. The van der Waals surface area contributed by atoms with Crippen molar-refractivity contribution in [3.8, 4) is 16.9 Å². The Morgan fingerprint density at radius 3 is 2.41 bits per heavy atom. The standard InChI is InChI=1S/C29H26N2O8/c1-18(2)14-25(30-29(34)38-16-19-6-4-3-5-7-19)28(33)39-22-12-13-23-26(15-22)37-17-24(27(23)32)20-8-10-21(11-9-20)31(35)36/h3-13,15,17-18,25H,14,16H2,1-2H3,(H,30,34)/t25-/m1/s1. The fraction of sp³-hybridized carbons (Fsp3) is 0.207. The maximum atomic E-state index is 13.0. The molecule has 0 saturated heterocycles. The van der Waals surface area contributed by atoms with Crippen molar-refractivity contribution in [2.24, 2.45) is 5.92 Å². The van der Waals surface area contributed by atoms with Gasteiger partial charge in [0.05, 0.1) is 15.9 Å². The van der Waals surface area contributed by atoms with E-state index in [1.165, 1.54) is 48.7 Å². The molecule has 0 fully saturated rings. The quantitative estimate of drug-likeness (QED) is 0.127. The summed E-state index contributed by atoms with van der Waals surface area (Å²) in [6.45, 7) is 3.87. The van der Waals surface area contributed by atoms with Crippen LogP contribution in [0.1, 0.15) is 25.8 Å². The highest BCUT2D eigenvalue weighted by Gasteiger charge is 2.25. The topological polar surface area (TPSA) is 138 Å². The summed E-state index contributed by atoms with van der Waals surface area (Å²) in [6.07, 6.45) is 0.828. The molecule has 0 bridgehead atoms. The number of non-ortho nitro benzene ring substituents is 1. The summed E-state index contributed by atoms with van der Waals surface area (Å²) in [6, 6.07) is 18.1. The van der Waals surface area contributed by atoms with Gasteiger partial charge in [-0.15, -0.1) is 0 Å². The average Bonchev–Trinajstić information content (AvgIpc) is 2.92. The van der Waals surface area contributed by atoms with E-state index >= 15 is 0 Å². The smallest absolute Gasteiger partial charge is 0.408 e. The van der Waals surface area contributed by atoms with Crippen molar-refractivity contribution >= 4 is 28.7 Å². The Labute approximate surface area is 223 Å². The van der Waals surface area contributed by atoms with Crippen LogP contribution in [-0.4, -0.2) is 23.0 Å². The Morgan fingerprint density at radius 2 is 1.74 bits per heavy atom. The lowest BCUT2D eigenvalue weighted by Gasteiger charge is -2.19. The molecule has 4 aromatic rings. The molecule has 0 spiro atoms. The second-order valence-corrected chi connectivity index (χ2v) is 9.25. The van der Waals surface area contributed by atoms with Crippen LogP contribution in [0.5, 0.6) is 5.75 Å². The Balaban J connectivity index is 1.47. The van der Waals surface area contributed by atoms with Crippen molar-refractivity contribution in [3.63, 3.8) is 0 Å². The van der Waals surface area contributed by atoms with Gasteiger partial charge in [0.2, 0.25) is 0 Å². The van der Waals surface area contributed by atoms with Gasteiger partial charge in [0.25, 0.3) is 5.69 Å². The van der Waals surface area contributed by atoms with Crippen molar-refractivity contribution in [2.75, 3.05) is 0 Å².